The molecule has 7 nitrogen and oxygen atoms in total. The molecule has 1 atom stereocenters. The van der Waals surface area contributed by atoms with E-state index in [-0.39, 0.29) is 23.8 Å². The molecule has 0 bridgehead atoms. The van der Waals surface area contributed by atoms with Crippen molar-refractivity contribution in [1.29, 1.82) is 0 Å². The summed E-state index contributed by atoms with van der Waals surface area (Å²) in [6, 6.07) is 19.7. The lowest BCUT2D eigenvalue weighted by Crippen LogP contribution is -2.29. The number of anilines is 1. The van der Waals surface area contributed by atoms with E-state index in [0.717, 1.165) is 22.4 Å². The van der Waals surface area contributed by atoms with Gasteiger partial charge in [-0.1, -0.05) is 38.1 Å². The lowest BCUT2D eigenvalue weighted by Gasteiger charge is -2.26. The van der Waals surface area contributed by atoms with Crippen molar-refractivity contribution in [3.8, 4) is 11.5 Å². The maximum Gasteiger partial charge on any atom is 0.295 e. The molecule has 3 aromatic carbocycles. The van der Waals surface area contributed by atoms with Crippen LogP contribution in [0.4, 0.5) is 5.69 Å². The third kappa shape index (κ3) is 5.62. The van der Waals surface area contributed by atoms with Gasteiger partial charge in [0.15, 0.2) is 0 Å². The highest BCUT2D eigenvalue weighted by molar-refractivity contribution is 6.46. The Hall–Kier alpha value is -4.26. The molecule has 39 heavy (non-hydrogen) atoms. The molecule has 1 unspecified atom stereocenters. The standard InChI is InChI=1S/C32H36N2O5/c1-7-39-25-10-8-9-21(17-25)19-34-29(22-11-14-24(15-12-22)33(4)5)28(31(36)32(34)37)30(35)23-13-16-27(38-6)26(18-23)20(2)3/h8-18,20,29,35H,7,19H2,1-6H3/b30-28-. The van der Waals surface area contributed by atoms with Crippen molar-refractivity contribution in [2.75, 3.05) is 32.7 Å². The van der Waals surface area contributed by atoms with Gasteiger partial charge >= 0.3 is 0 Å². The topological polar surface area (TPSA) is 79.3 Å². The van der Waals surface area contributed by atoms with E-state index in [1.54, 1.807) is 19.2 Å². The molecule has 1 heterocycles. The minimum atomic E-state index is -0.762. The summed E-state index contributed by atoms with van der Waals surface area (Å²) in [5.74, 6) is -0.0492. The van der Waals surface area contributed by atoms with E-state index < -0.39 is 17.7 Å². The van der Waals surface area contributed by atoms with Crippen molar-refractivity contribution in [3.05, 3.63) is 94.6 Å². The molecule has 1 aliphatic rings. The molecule has 0 aliphatic carbocycles. The number of methoxy groups -OCH3 is 1. The average molecular weight is 529 g/mol. The fourth-order valence-corrected chi connectivity index (χ4v) is 4.93. The smallest absolute Gasteiger partial charge is 0.295 e. The predicted octanol–water partition coefficient (Wildman–Crippen LogP) is 5.91. The Morgan fingerprint density at radius 3 is 2.36 bits per heavy atom. The number of ketones is 1. The van der Waals surface area contributed by atoms with E-state index in [0.29, 0.717) is 23.7 Å². The second-order valence-corrected chi connectivity index (χ2v) is 10.1. The van der Waals surface area contributed by atoms with Crippen LogP contribution in [0.25, 0.3) is 5.76 Å². The van der Waals surface area contributed by atoms with Gasteiger partial charge in [0.2, 0.25) is 0 Å². The fourth-order valence-electron chi connectivity index (χ4n) is 4.93. The van der Waals surface area contributed by atoms with Gasteiger partial charge in [-0.05, 0) is 72.0 Å². The van der Waals surface area contributed by atoms with Crippen LogP contribution in [-0.4, -0.2) is 49.5 Å². The van der Waals surface area contributed by atoms with Gasteiger partial charge in [-0.2, -0.15) is 0 Å². The number of rotatable bonds is 9. The zero-order chi connectivity index (χ0) is 28.3. The molecular weight excluding hydrogens is 492 g/mol. The van der Waals surface area contributed by atoms with E-state index >= 15 is 0 Å². The second kappa shape index (κ2) is 11.6. The van der Waals surface area contributed by atoms with Crippen LogP contribution >= 0.6 is 0 Å². The second-order valence-electron chi connectivity index (χ2n) is 10.1. The fraction of sp³-hybridized carbons (Fsp3) is 0.312. The molecule has 204 valence electrons. The number of Topliss-reactive ketones (excluding diaryl/α,β-unsaturated/α-hetero) is 1. The van der Waals surface area contributed by atoms with Crippen LogP contribution in [0.15, 0.2) is 72.3 Å². The monoisotopic (exact) mass is 528 g/mol. The predicted molar refractivity (Wildman–Crippen MR) is 153 cm³/mol. The molecule has 1 N–H and O–H groups in total. The highest BCUT2D eigenvalue weighted by Crippen LogP contribution is 2.41. The van der Waals surface area contributed by atoms with Gasteiger partial charge in [0.05, 0.1) is 25.3 Å². The summed E-state index contributed by atoms with van der Waals surface area (Å²) in [6.45, 7) is 6.67. The van der Waals surface area contributed by atoms with Gasteiger partial charge in [-0.3, -0.25) is 9.59 Å². The number of nitrogens with zero attached hydrogens (tertiary/aromatic N) is 2. The number of carbonyl (C=O) groups excluding carboxylic acids is 2. The van der Waals surface area contributed by atoms with Crippen molar-refractivity contribution in [1.82, 2.24) is 4.90 Å². The van der Waals surface area contributed by atoms with E-state index in [1.807, 2.05) is 94.4 Å². The normalized spacial score (nSPS) is 16.6. The maximum absolute atomic E-state index is 13.5. The number of ether oxygens (including phenoxy) is 2. The Bertz CT molecular complexity index is 1390. The number of carbonyl (C=O) groups is 2. The first-order valence-electron chi connectivity index (χ1n) is 13.1. The highest BCUT2D eigenvalue weighted by atomic mass is 16.5. The molecule has 4 rings (SSSR count). The molecule has 1 aliphatic heterocycles. The maximum atomic E-state index is 13.5. The van der Waals surface area contributed by atoms with Crippen LogP contribution in [0.3, 0.4) is 0 Å². The summed E-state index contributed by atoms with van der Waals surface area (Å²) in [4.78, 5) is 30.5. The summed E-state index contributed by atoms with van der Waals surface area (Å²) >= 11 is 0. The molecular formula is C32H36N2O5. The van der Waals surface area contributed by atoms with Crippen LogP contribution in [0.5, 0.6) is 11.5 Å². The summed E-state index contributed by atoms with van der Waals surface area (Å²) in [7, 11) is 5.50. The molecule has 1 amide bonds. The molecule has 0 aromatic heterocycles. The van der Waals surface area contributed by atoms with Gasteiger partial charge < -0.3 is 24.4 Å². The van der Waals surface area contributed by atoms with Crippen molar-refractivity contribution in [3.63, 3.8) is 0 Å². The molecule has 0 radical (unpaired) electrons. The zero-order valence-corrected chi connectivity index (χ0v) is 23.4. The van der Waals surface area contributed by atoms with Crippen molar-refractivity contribution >= 4 is 23.1 Å². The summed E-state index contributed by atoms with van der Waals surface area (Å²) in [6.07, 6.45) is 0. The van der Waals surface area contributed by atoms with Crippen LogP contribution in [0.1, 0.15) is 55.0 Å². The van der Waals surface area contributed by atoms with E-state index in [4.69, 9.17) is 9.47 Å². The summed E-state index contributed by atoms with van der Waals surface area (Å²) in [5.41, 5.74) is 3.97. The van der Waals surface area contributed by atoms with Crippen LogP contribution < -0.4 is 14.4 Å². The first-order valence-corrected chi connectivity index (χ1v) is 13.1. The molecule has 0 spiro atoms. The minimum Gasteiger partial charge on any atom is -0.507 e. The first kappa shape index (κ1) is 27.8. The molecule has 0 saturated carbocycles. The Kier molecular flexibility index (Phi) is 8.29. The SMILES string of the molecule is CCOc1cccc(CN2C(=O)C(=O)/C(=C(\O)c3ccc(OC)c(C(C)C)c3)C2c2ccc(N(C)C)cc2)c1. The third-order valence-electron chi connectivity index (χ3n) is 6.95. The summed E-state index contributed by atoms with van der Waals surface area (Å²) in [5, 5.41) is 11.6. The molecule has 1 fully saturated rings. The van der Waals surface area contributed by atoms with Crippen molar-refractivity contribution in [2.24, 2.45) is 0 Å². The Morgan fingerprint density at radius 1 is 1.03 bits per heavy atom. The van der Waals surface area contributed by atoms with Gasteiger partial charge in [0, 0.05) is 31.9 Å². The van der Waals surface area contributed by atoms with Gasteiger partial charge in [-0.15, -0.1) is 0 Å². The quantitative estimate of drug-likeness (QED) is 0.211. The molecule has 3 aromatic rings. The van der Waals surface area contributed by atoms with Crippen LogP contribution in [0, 0.1) is 0 Å². The minimum absolute atomic E-state index is 0.0680. The number of aliphatic hydroxyl groups is 1. The largest absolute Gasteiger partial charge is 0.507 e. The lowest BCUT2D eigenvalue weighted by molar-refractivity contribution is -0.140. The Morgan fingerprint density at radius 2 is 1.74 bits per heavy atom. The van der Waals surface area contributed by atoms with Crippen molar-refractivity contribution in [2.45, 2.75) is 39.3 Å². The van der Waals surface area contributed by atoms with Crippen LogP contribution in [0.2, 0.25) is 0 Å². The van der Waals surface area contributed by atoms with E-state index in [1.165, 1.54) is 4.90 Å². The zero-order valence-electron chi connectivity index (χ0n) is 23.4. The third-order valence-corrected chi connectivity index (χ3v) is 6.95. The number of hydrogen-bond acceptors (Lipinski definition) is 6. The van der Waals surface area contributed by atoms with Gasteiger partial charge in [-0.25, -0.2) is 0 Å². The number of amides is 1. The molecule has 1 saturated heterocycles. The number of benzene rings is 3. The highest BCUT2D eigenvalue weighted by Gasteiger charge is 2.46. The van der Waals surface area contributed by atoms with Gasteiger partial charge in [0.25, 0.3) is 11.7 Å². The van der Waals surface area contributed by atoms with Gasteiger partial charge in [0.1, 0.15) is 17.3 Å². The van der Waals surface area contributed by atoms with E-state index in [2.05, 4.69) is 0 Å². The van der Waals surface area contributed by atoms with Crippen LogP contribution in [-0.2, 0) is 16.1 Å². The number of likely N-dealkylation sites (tertiary alicyclic amines) is 1. The molecule has 7 heteroatoms. The van der Waals surface area contributed by atoms with Crippen molar-refractivity contribution < 1.29 is 24.2 Å². The lowest BCUT2D eigenvalue weighted by atomic mass is 9.93. The Balaban J connectivity index is 1.86. The van der Waals surface area contributed by atoms with E-state index in [9.17, 15) is 14.7 Å². The number of hydrogen-bond donors (Lipinski definition) is 1. The Labute approximate surface area is 230 Å². The average Bonchev–Trinajstić information content (AvgIpc) is 3.17. The summed E-state index contributed by atoms with van der Waals surface area (Å²) < 4.78 is 11.1. The first-order chi connectivity index (χ1) is 18.7. The number of aliphatic hydroxyl groups excluding tert-OH is 1.